The molecule has 0 amide bonds. The molecule has 0 nitrogen and oxygen atoms in total. The van der Waals surface area contributed by atoms with Crippen molar-refractivity contribution >= 4 is 0 Å². The first-order chi connectivity index (χ1) is 13.0. The zero-order chi connectivity index (χ0) is 19.4. The van der Waals surface area contributed by atoms with Crippen molar-refractivity contribution in [3.8, 4) is 11.1 Å². The molecule has 0 saturated heterocycles. The van der Waals surface area contributed by atoms with E-state index in [1.807, 2.05) is 24.3 Å². The maximum Gasteiger partial charge on any atom is 0.194 e. The second-order valence-electron chi connectivity index (χ2n) is 7.70. The van der Waals surface area contributed by atoms with Gasteiger partial charge in [-0.25, -0.2) is 13.2 Å². The van der Waals surface area contributed by atoms with E-state index in [1.165, 1.54) is 24.8 Å². The van der Waals surface area contributed by atoms with Gasteiger partial charge in [-0.2, -0.15) is 0 Å². The van der Waals surface area contributed by atoms with Crippen LogP contribution in [0.25, 0.3) is 11.1 Å². The van der Waals surface area contributed by atoms with Gasteiger partial charge in [-0.05, 0) is 85.6 Å². The second kappa shape index (κ2) is 8.77. The van der Waals surface area contributed by atoms with Gasteiger partial charge in [0.1, 0.15) is 0 Å². The highest BCUT2D eigenvalue weighted by atomic mass is 19.2. The number of halogens is 3. The Hall–Kier alpha value is -2.03. The van der Waals surface area contributed by atoms with Gasteiger partial charge in [0, 0.05) is 0 Å². The molecule has 1 saturated carbocycles. The summed E-state index contributed by atoms with van der Waals surface area (Å²) in [4.78, 5) is 0. The van der Waals surface area contributed by atoms with E-state index >= 15 is 0 Å². The molecule has 144 valence electrons. The molecule has 0 aliphatic heterocycles. The molecule has 1 aliphatic rings. The third-order valence-corrected chi connectivity index (χ3v) is 5.95. The number of hydrogen-bond donors (Lipinski definition) is 0. The van der Waals surface area contributed by atoms with E-state index in [-0.39, 0.29) is 0 Å². The van der Waals surface area contributed by atoms with Crippen LogP contribution >= 0.6 is 0 Å². The van der Waals surface area contributed by atoms with Crippen molar-refractivity contribution in [1.29, 1.82) is 0 Å². The van der Waals surface area contributed by atoms with E-state index in [1.54, 1.807) is 0 Å². The highest BCUT2D eigenvalue weighted by Gasteiger charge is 2.24. The molecule has 1 aliphatic carbocycles. The van der Waals surface area contributed by atoms with Crippen molar-refractivity contribution in [3.05, 3.63) is 71.6 Å². The molecule has 3 rings (SSSR count). The van der Waals surface area contributed by atoms with Gasteiger partial charge >= 0.3 is 0 Å². The van der Waals surface area contributed by atoms with Crippen LogP contribution in [0.15, 0.2) is 48.6 Å². The Morgan fingerprint density at radius 3 is 2.26 bits per heavy atom. The summed E-state index contributed by atoms with van der Waals surface area (Å²) in [6.45, 7) is 6.25. The minimum absolute atomic E-state index is 0.378. The fourth-order valence-corrected chi connectivity index (χ4v) is 4.17. The topological polar surface area (TPSA) is 0 Å². The standard InChI is InChI=1S/C24H27F3/c1-3-16(2)8-9-17-10-12-18(13-11-17)20-6-4-5-7-21(20)19-14-22(25)24(27)23(26)15-19/h4-7,14-15,17-18H,2-3,8-13H2,1H3. The molecule has 0 heterocycles. The molecule has 2 aromatic carbocycles. The van der Waals surface area contributed by atoms with Gasteiger partial charge in [0.05, 0.1) is 0 Å². The van der Waals surface area contributed by atoms with Gasteiger partial charge in [0.2, 0.25) is 0 Å². The van der Waals surface area contributed by atoms with E-state index in [2.05, 4.69) is 13.5 Å². The maximum absolute atomic E-state index is 13.7. The van der Waals surface area contributed by atoms with Crippen molar-refractivity contribution in [3.63, 3.8) is 0 Å². The van der Waals surface area contributed by atoms with Crippen LogP contribution in [0.1, 0.15) is 63.4 Å². The summed E-state index contributed by atoms with van der Waals surface area (Å²) < 4.78 is 40.7. The van der Waals surface area contributed by atoms with Crippen LogP contribution in [0.5, 0.6) is 0 Å². The van der Waals surface area contributed by atoms with E-state index in [0.29, 0.717) is 11.5 Å². The molecule has 0 radical (unpaired) electrons. The number of hydrogen-bond acceptors (Lipinski definition) is 0. The van der Waals surface area contributed by atoms with Crippen LogP contribution < -0.4 is 0 Å². The van der Waals surface area contributed by atoms with E-state index in [4.69, 9.17) is 0 Å². The molecule has 1 fully saturated rings. The number of benzene rings is 2. The van der Waals surface area contributed by atoms with Crippen LogP contribution in [0.3, 0.4) is 0 Å². The van der Waals surface area contributed by atoms with Crippen molar-refractivity contribution in [1.82, 2.24) is 0 Å². The predicted octanol–water partition coefficient (Wildman–Crippen LogP) is 7.79. The van der Waals surface area contributed by atoms with Crippen LogP contribution in [0, 0.1) is 23.4 Å². The Bertz CT molecular complexity index is 778. The molecule has 0 bridgehead atoms. The molecule has 0 unspecified atom stereocenters. The lowest BCUT2D eigenvalue weighted by molar-refractivity contribution is 0.310. The SMILES string of the molecule is C=C(CC)CCC1CCC(c2ccccc2-c2cc(F)c(F)c(F)c2)CC1. The molecule has 2 aromatic rings. The van der Waals surface area contributed by atoms with Gasteiger partial charge < -0.3 is 0 Å². The Balaban J connectivity index is 1.75. The average molecular weight is 372 g/mol. The van der Waals surface area contributed by atoms with Crippen molar-refractivity contribution in [2.45, 2.75) is 57.8 Å². The fraction of sp³-hybridized carbons (Fsp3) is 0.417. The van der Waals surface area contributed by atoms with Gasteiger partial charge in [-0.15, -0.1) is 0 Å². The van der Waals surface area contributed by atoms with Gasteiger partial charge in [-0.3, -0.25) is 0 Å². The summed E-state index contributed by atoms with van der Waals surface area (Å²) >= 11 is 0. The van der Waals surface area contributed by atoms with Crippen molar-refractivity contribution < 1.29 is 13.2 Å². The summed E-state index contributed by atoms with van der Waals surface area (Å²) in [5.74, 6) is -2.58. The Morgan fingerprint density at radius 1 is 1.00 bits per heavy atom. The smallest absolute Gasteiger partial charge is 0.194 e. The molecule has 27 heavy (non-hydrogen) atoms. The van der Waals surface area contributed by atoms with Crippen molar-refractivity contribution in [2.75, 3.05) is 0 Å². The lowest BCUT2D eigenvalue weighted by atomic mass is 9.75. The molecule has 0 aromatic heterocycles. The molecular formula is C24H27F3. The van der Waals surface area contributed by atoms with Crippen LogP contribution in [-0.4, -0.2) is 0 Å². The first-order valence-electron chi connectivity index (χ1n) is 9.90. The minimum Gasteiger partial charge on any atom is -0.204 e. The lowest BCUT2D eigenvalue weighted by Gasteiger charge is -2.30. The summed E-state index contributed by atoms with van der Waals surface area (Å²) in [5.41, 5.74) is 3.64. The quantitative estimate of drug-likeness (QED) is 0.358. The minimum atomic E-state index is -1.41. The fourth-order valence-electron chi connectivity index (χ4n) is 4.17. The average Bonchev–Trinajstić information content (AvgIpc) is 2.70. The van der Waals surface area contributed by atoms with Gasteiger partial charge in [0.15, 0.2) is 17.5 Å². The second-order valence-corrected chi connectivity index (χ2v) is 7.70. The Labute approximate surface area is 160 Å². The van der Waals surface area contributed by atoms with Crippen LogP contribution in [-0.2, 0) is 0 Å². The third-order valence-electron chi connectivity index (χ3n) is 5.95. The molecule has 3 heteroatoms. The van der Waals surface area contributed by atoms with Gasteiger partial charge in [0.25, 0.3) is 0 Å². The molecular weight excluding hydrogens is 345 g/mol. The van der Waals surface area contributed by atoms with Crippen LogP contribution in [0.4, 0.5) is 13.2 Å². The summed E-state index contributed by atoms with van der Waals surface area (Å²) in [6, 6.07) is 9.93. The molecule has 0 N–H and O–H groups in total. The molecule has 0 spiro atoms. The highest BCUT2D eigenvalue weighted by Crippen LogP contribution is 2.41. The summed E-state index contributed by atoms with van der Waals surface area (Å²) in [5, 5.41) is 0. The third kappa shape index (κ3) is 4.63. The number of allylic oxidation sites excluding steroid dienone is 1. The van der Waals surface area contributed by atoms with Gasteiger partial charge in [-0.1, -0.05) is 43.3 Å². The Morgan fingerprint density at radius 2 is 1.63 bits per heavy atom. The monoisotopic (exact) mass is 372 g/mol. The normalized spacial score (nSPS) is 19.9. The Kier molecular flexibility index (Phi) is 6.41. The zero-order valence-electron chi connectivity index (χ0n) is 15.9. The summed E-state index contributed by atoms with van der Waals surface area (Å²) in [6.07, 6.45) is 7.85. The van der Waals surface area contributed by atoms with E-state index in [9.17, 15) is 13.2 Å². The zero-order valence-corrected chi connectivity index (χ0v) is 15.9. The lowest BCUT2D eigenvalue weighted by Crippen LogP contribution is -2.14. The first-order valence-corrected chi connectivity index (χ1v) is 9.90. The van der Waals surface area contributed by atoms with Crippen LogP contribution in [0.2, 0.25) is 0 Å². The number of rotatable bonds is 6. The predicted molar refractivity (Wildman–Crippen MR) is 105 cm³/mol. The van der Waals surface area contributed by atoms with E-state index in [0.717, 1.165) is 54.9 Å². The highest BCUT2D eigenvalue weighted by molar-refractivity contribution is 5.68. The van der Waals surface area contributed by atoms with E-state index < -0.39 is 17.5 Å². The first kappa shape index (κ1) is 19.7. The summed E-state index contributed by atoms with van der Waals surface area (Å²) in [7, 11) is 0. The molecule has 0 atom stereocenters. The van der Waals surface area contributed by atoms with Crippen molar-refractivity contribution in [2.24, 2.45) is 5.92 Å². The largest absolute Gasteiger partial charge is 0.204 e. The maximum atomic E-state index is 13.7.